The van der Waals surface area contributed by atoms with Crippen LogP contribution in [0.4, 0.5) is 11.4 Å². The van der Waals surface area contributed by atoms with Crippen molar-refractivity contribution in [2.45, 2.75) is 57.7 Å². The van der Waals surface area contributed by atoms with E-state index in [9.17, 15) is 13.2 Å². The van der Waals surface area contributed by atoms with Crippen LogP contribution in [0.1, 0.15) is 44.7 Å². The van der Waals surface area contributed by atoms with Crippen molar-refractivity contribution in [3.63, 3.8) is 0 Å². The predicted octanol–water partition coefficient (Wildman–Crippen LogP) is 4.77. The number of fused-ring (bicyclic) bond motifs is 1. The Morgan fingerprint density at radius 3 is 2.58 bits per heavy atom. The van der Waals surface area contributed by atoms with Crippen molar-refractivity contribution >= 4 is 38.2 Å². The minimum atomic E-state index is -3.40. The zero-order chi connectivity index (χ0) is 27.1. The number of nitrogens with zero attached hydrogens (tertiary/aromatic N) is 4. The number of benzene rings is 2. The van der Waals surface area contributed by atoms with E-state index in [0.29, 0.717) is 46.7 Å². The van der Waals surface area contributed by atoms with Gasteiger partial charge in [-0.25, -0.2) is 18.4 Å². The number of hydrogen-bond donors (Lipinski definition) is 2. The number of aryl methyl sites for hydroxylation is 1. The van der Waals surface area contributed by atoms with Gasteiger partial charge in [-0.1, -0.05) is 12.1 Å². The van der Waals surface area contributed by atoms with Gasteiger partial charge in [0.25, 0.3) is 0 Å². The van der Waals surface area contributed by atoms with Crippen LogP contribution in [0.5, 0.6) is 11.6 Å². The highest BCUT2D eigenvalue weighted by Gasteiger charge is 2.35. The fourth-order valence-electron chi connectivity index (χ4n) is 3.99. The lowest BCUT2D eigenvalue weighted by atomic mass is 10.1. The minimum absolute atomic E-state index is 0.144. The highest BCUT2D eigenvalue weighted by atomic mass is 32.2. The highest BCUT2D eigenvalue weighted by molar-refractivity contribution is 7.93. The number of sulfonamides is 1. The third-order valence-electron chi connectivity index (χ3n) is 6.19. The first-order valence-corrected chi connectivity index (χ1v) is 13.9. The molecular formula is C27H30N6O4S. The molecule has 1 saturated carbocycles. The maximum atomic E-state index is 12.6. The number of nitrogens with one attached hydrogen (secondary N) is 2. The van der Waals surface area contributed by atoms with E-state index >= 15 is 0 Å². The number of rotatable bonds is 8. The highest BCUT2D eigenvalue weighted by Crippen LogP contribution is 2.33. The molecule has 198 valence electrons. The Morgan fingerprint density at radius 2 is 1.89 bits per heavy atom. The number of hydrogen-bond acceptors (Lipinski definition) is 7. The zero-order valence-corrected chi connectivity index (χ0v) is 22.5. The van der Waals surface area contributed by atoms with Gasteiger partial charge in [-0.15, -0.1) is 0 Å². The van der Waals surface area contributed by atoms with Crippen molar-refractivity contribution in [3.05, 3.63) is 66.2 Å². The number of carbonyl (C=O) groups is 1. The van der Waals surface area contributed by atoms with Gasteiger partial charge >= 0.3 is 0 Å². The van der Waals surface area contributed by atoms with Gasteiger partial charge in [0.05, 0.1) is 40.0 Å². The van der Waals surface area contributed by atoms with Crippen molar-refractivity contribution in [3.8, 4) is 11.6 Å². The molecule has 1 aliphatic carbocycles. The molecule has 2 aromatic heterocycles. The first-order chi connectivity index (χ1) is 18.0. The van der Waals surface area contributed by atoms with Crippen molar-refractivity contribution in [1.82, 2.24) is 19.7 Å². The largest absolute Gasteiger partial charge is 0.438 e. The molecular weight excluding hydrogens is 504 g/mol. The van der Waals surface area contributed by atoms with Crippen LogP contribution in [0.15, 0.2) is 55.1 Å². The summed E-state index contributed by atoms with van der Waals surface area (Å²) in [5.74, 6) is 0.742. The number of ether oxygens (including phenoxy) is 1. The Hall–Kier alpha value is -3.99. The summed E-state index contributed by atoms with van der Waals surface area (Å²) >= 11 is 0. The maximum absolute atomic E-state index is 12.6. The van der Waals surface area contributed by atoms with E-state index < -0.39 is 10.0 Å². The number of carbonyl (C=O) groups excluding carboxylic acids is 1. The lowest BCUT2D eigenvalue weighted by Crippen LogP contribution is -2.22. The molecule has 38 heavy (non-hydrogen) atoms. The second kappa shape index (κ2) is 9.71. The molecule has 11 heteroatoms. The summed E-state index contributed by atoms with van der Waals surface area (Å²) in [5, 5.41) is 7.46. The van der Waals surface area contributed by atoms with Crippen molar-refractivity contribution in [1.29, 1.82) is 0 Å². The maximum Gasteiger partial charge on any atom is 0.235 e. The fourth-order valence-corrected chi connectivity index (χ4v) is 5.37. The van der Waals surface area contributed by atoms with Crippen molar-refractivity contribution in [2.75, 3.05) is 10.0 Å². The number of aromatic nitrogens is 4. The third-order valence-corrected chi connectivity index (χ3v) is 8.06. The molecule has 5 rings (SSSR count). The first-order valence-electron chi connectivity index (χ1n) is 12.4. The van der Waals surface area contributed by atoms with E-state index in [1.807, 2.05) is 46.0 Å². The van der Waals surface area contributed by atoms with Gasteiger partial charge < -0.3 is 10.1 Å². The normalized spacial score (nSPS) is 13.9. The molecule has 2 heterocycles. The summed E-state index contributed by atoms with van der Waals surface area (Å²) in [4.78, 5) is 21.2. The molecule has 2 aromatic carbocycles. The van der Waals surface area contributed by atoms with Crippen LogP contribution in [0, 0.1) is 6.92 Å². The van der Waals surface area contributed by atoms with Gasteiger partial charge in [-0.2, -0.15) is 5.10 Å². The molecule has 0 radical (unpaired) electrons. The standard InChI is InChI=1S/C27H30N6O4S/c1-17-11-18(12-25(34)31-20-14-30-33(15-20)27(2,3)4)5-10-24(17)37-26-22-13-19(6-9-23(22)28-16-29-26)32-38(35,36)21-7-8-21/h5-6,9-11,13-16,21,32H,7-8,12H2,1-4H3,(H,31,34). The van der Waals surface area contributed by atoms with Crippen LogP contribution in [-0.2, 0) is 26.8 Å². The number of amides is 1. The molecule has 0 aliphatic heterocycles. The van der Waals surface area contributed by atoms with Gasteiger partial charge in [0.2, 0.25) is 21.8 Å². The van der Waals surface area contributed by atoms with Gasteiger partial charge in [0.15, 0.2) is 0 Å². The molecule has 0 atom stereocenters. The van der Waals surface area contributed by atoms with Crippen LogP contribution < -0.4 is 14.8 Å². The van der Waals surface area contributed by atoms with Gasteiger partial charge in [0, 0.05) is 11.9 Å². The third kappa shape index (κ3) is 5.77. The average molecular weight is 535 g/mol. The molecule has 1 amide bonds. The van der Waals surface area contributed by atoms with Crippen molar-refractivity contribution in [2.24, 2.45) is 0 Å². The first kappa shape index (κ1) is 25.7. The fraction of sp³-hybridized carbons (Fsp3) is 0.333. The predicted molar refractivity (Wildman–Crippen MR) is 146 cm³/mol. The number of anilines is 2. The Bertz CT molecular complexity index is 1620. The Kier molecular flexibility index (Phi) is 6.56. The van der Waals surface area contributed by atoms with Crippen LogP contribution in [0.25, 0.3) is 10.9 Å². The SMILES string of the molecule is Cc1cc(CC(=O)Nc2cnn(C(C)(C)C)c2)ccc1Oc1ncnc2ccc(NS(=O)(=O)C3CC3)cc12. The van der Waals surface area contributed by atoms with Crippen LogP contribution >= 0.6 is 0 Å². The quantitative estimate of drug-likeness (QED) is 0.333. The topological polar surface area (TPSA) is 128 Å². The minimum Gasteiger partial charge on any atom is -0.438 e. The smallest absolute Gasteiger partial charge is 0.235 e. The van der Waals surface area contributed by atoms with Crippen molar-refractivity contribution < 1.29 is 17.9 Å². The van der Waals surface area contributed by atoms with E-state index in [1.54, 1.807) is 35.1 Å². The molecule has 0 unspecified atom stereocenters. The van der Waals surface area contributed by atoms with Gasteiger partial charge in [-0.05, 0) is 75.9 Å². The molecule has 1 fully saturated rings. The molecule has 1 aliphatic rings. The molecule has 4 aromatic rings. The Labute approximate surface area is 221 Å². The van der Waals surface area contributed by atoms with E-state index in [4.69, 9.17) is 4.74 Å². The van der Waals surface area contributed by atoms with Crippen LogP contribution in [-0.4, -0.2) is 39.3 Å². The summed E-state index contributed by atoms with van der Waals surface area (Å²) < 4.78 is 35.3. The summed E-state index contributed by atoms with van der Waals surface area (Å²) in [5.41, 5.74) is 3.21. The zero-order valence-electron chi connectivity index (χ0n) is 21.7. The van der Waals surface area contributed by atoms with Gasteiger partial charge in [-0.3, -0.25) is 14.2 Å². The molecule has 0 bridgehead atoms. The lowest BCUT2D eigenvalue weighted by Gasteiger charge is -2.18. The summed E-state index contributed by atoms with van der Waals surface area (Å²) in [7, 11) is -3.40. The molecule has 10 nitrogen and oxygen atoms in total. The van der Waals surface area contributed by atoms with E-state index in [0.717, 1.165) is 11.1 Å². The summed E-state index contributed by atoms with van der Waals surface area (Å²) in [6.07, 6.45) is 6.41. The van der Waals surface area contributed by atoms with E-state index in [-0.39, 0.29) is 23.1 Å². The van der Waals surface area contributed by atoms with E-state index in [1.165, 1.54) is 6.33 Å². The average Bonchev–Trinajstić information content (AvgIpc) is 3.60. The Morgan fingerprint density at radius 1 is 1.11 bits per heavy atom. The monoisotopic (exact) mass is 534 g/mol. The molecule has 0 spiro atoms. The van der Waals surface area contributed by atoms with Crippen LogP contribution in [0.2, 0.25) is 0 Å². The summed E-state index contributed by atoms with van der Waals surface area (Å²) in [6, 6.07) is 10.6. The Balaban J connectivity index is 1.29. The van der Waals surface area contributed by atoms with Crippen LogP contribution in [0.3, 0.4) is 0 Å². The second-order valence-electron chi connectivity index (χ2n) is 10.5. The second-order valence-corrected chi connectivity index (χ2v) is 12.5. The summed E-state index contributed by atoms with van der Waals surface area (Å²) in [6.45, 7) is 8.01. The van der Waals surface area contributed by atoms with E-state index in [2.05, 4.69) is 25.1 Å². The lowest BCUT2D eigenvalue weighted by molar-refractivity contribution is -0.115. The van der Waals surface area contributed by atoms with Gasteiger partial charge in [0.1, 0.15) is 12.1 Å². The molecule has 0 saturated heterocycles. The molecule has 2 N–H and O–H groups in total.